The molecule has 69 heavy (non-hydrogen) atoms. The van der Waals surface area contributed by atoms with Crippen molar-refractivity contribution in [1.29, 1.82) is 0 Å². The SMILES string of the molecule is O=C1COc2c(CO)ccc(CO)c2OCC(=O)NCCOCCOCCOCCOC2=CC=C/C(=C/N[C@H]3CCCC[C@@H]3N/C=C3/C=CC=C(OCCOCCOCCOCCN1)C3=O)C2=O.[Ni]. The van der Waals surface area contributed by atoms with Gasteiger partial charge in [-0.25, -0.2) is 0 Å². The summed E-state index contributed by atoms with van der Waals surface area (Å²) >= 11 is 0. The summed E-state index contributed by atoms with van der Waals surface area (Å²) in [5.74, 6) is -0.907. The Hall–Kier alpha value is -5.09. The molecule has 3 aliphatic carbocycles. The zero-order chi connectivity index (χ0) is 48.0. The number of fused-ring (bicyclic) bond motifs is 6. The van der Waals surface area contributed by atoms with E-state index in [1.165, 1.54) is 12.1 Å². The van der Waals surface area contributed by atoms with Gasteiger partial charge >= 0.3 is 0 Å². The van der Waals surface area contributed by atoms with Crippen LogP contribution in [0.4, 0.5) is 0 Å². The number of allylic oxidation sites excluding steroid dienone is 8. The number of amides is 2. The molecular weight excluding hydrogens is 947 g/mol. The van der Waals surface area contributed by atoms with Crippen molar-refractivity contribution < 1.29 is 93.3 Å². The number of carbonyl (C=O) groups excluding carboxylic acids is 4. The van der Waals surface area contributed by atoms with Gasteiger partial charge in [0.15, 0.2) is 36.2 Å². The van der Waals surface area contributed by atoms with Crippen molar-refractivity contribution in [2.75, 3.05) is 119 Å². The van der Waals surface area contributed by atoms with Gasteiger partial charge in [-0.2, -0.15) is 0 Å². The van der Waals surface area contributed by atoms with Crippen LogP contribution in [0, 0.1) is 0 Å². The van der Waals surface area contributed by atoms with Gasteiger partial charge in [0, 0.05) is 76.3 Å². The fraction of sp³-hybridized carbons (Fsp3) is 0.542. The van der Waals surface area contributed by atoms with E-state index in [2.05, 4.69) is 21.3 Å². The third-order valence-corrected chi connectivity index (χ3v) is 10.6. The van der Waals surface area contributed by atoms with Crippen molar-refractivity contribution in [2.45, 2.75) is 51.0 Å². The molecule has 21 heteroatoms. The first kappa shape index (κ1) is 56.5. The van der Waals surface area contributed by atoms with Gasteiger partial charge in [-0.05, 0) is 37.1 Å². The molecule has 4 aliphatic rings. The average Bonchev–Trinajstić information content (AvgIpc) is 3.35. The fourth-order valence-electron chi connectivity index (χ4n) is 7.06. The largest absolute Gasteiger partial charge is 0.487 e. The zero-order valence-electron chi connectivity index (χ0n) is 38.8. The molecule has 0 unspecified atom stereocenters. The summed E-state index contributed by atoms with van der Waals surface area (Å²) < 4.78 is 56.3. The van der Waals surface area contributed by atoms with Crippen LogP contribution in [0.25, 0.3) is 0 Å². The number of Topliss-reactive ketones (excluding diaryl/α,β-unsaturated/α-hetero) is 2. The average molecular weight is 1010 g/mol. The monoisotopic (exact) mass is 1010 g/mol. The van der Waals surface area contributed by atoms with E-state index in [9.17, 15) is 29.4 Å². The van der Waals surface area contributed by atoms with Gasteiger partial charge in [0.05, 0.1) is 92.5 Å². The third-order valence-electron chi connectivity index (χ3n) is 10.6. The number of hydrogen-bond donors (Lipinski definition) is 6. The van der Waals surface area contributed by atoms with Gasteiger partial charge in [-0.15, -0.1) is 0 Å². The molecule has 1 aromatic rings. The molecule has 6 N–H and O–H groups in total. The molecule has 2 amide bonds. The van der Waals surface area contributed by atoms with Crippen molar-refractivity contribution in [3.8, 4) is 11.5 Å². The second-order valence-corrected chi connectivity index (χ2v) is 15.5. The summed E-state index contributed by atoms with van der Waals surface area (Å²) in [4.78, 5) is 51.6. The molecule has 2 atom stereocenters. The van der Waals surface area contributed by atoms with E-state index in [0.717, 1.165) is 25.7 Å². The Morgan fingerprint density at radius 2 is 0.855 bits per heavy atom. The van der Waals surface area contributed by atoms with Crippen molar-refractivity contribution in [1.82, 2.24) is 21.3 Å². The van der Waals surface area contributed by atoms with Gasteiger partial charge in [0.1, 0.15) is 13.2 Å². The number of aliphatic hydroxyl groups is 2. The standard InChI is InChI=1S/C48H66N4O16.Ni/c53-31-37-11-12-38(32-54)48-47(37)67-33-43(55)49-13-15-59-17-19-61-21-23-63-25-27-65-41-9-3-5-35(45(41)57)29-51-39-7-1-2-8-40(39)52-30-36-6-4-10-42(46(36)58)66-28-26-64-24-22-62-20-18-60-16-14-50-44(56)34-68-48;/h3-6,9-12,29-30,39-40,51-54H,1-2,7-8,13-28,31-34H2,(H,49,55)(H,50,56);/b35-29-,36-30-;/t39-,40-;/m0./s1. The van der Waals surface area contributed by atoms with Crippen LogP contribution < -0.4 is 30.7 Å². The van der Waals surface area contributed by atoms with E-state index >= 15 is 0 Å². The van der Waals surface area contributed by atoms with Crippen LogP contribution in [0.1, 0.15) is 36.8 Å². The van der Waals surface area contributed by atoms with Crippen molar-refractivity contribution in [2.24, 2.45) is 0 Å². The van der Waals surface area contributed by atoms with E-state index in [1.54, 1.807) is 48.9 Å². The summed E-state index contributed by atoms with van der Waals surface area (Å²) in [5, 5.41) is 32.1. The number of hydrogen-bond acceptors (Lipinski definition) is 18. The number of aliphatic hydroxyl groups excluding tert-OH is 2. The minimum atomic E-state index is -0.468. The Labute approximate surface area is 412 Å². The van der Waals surface area contributed by atoms with Gasteiger partial charge in [-0.1, -0.05) is 37.1 Å². The van der Waals surface area contributed by atoms with E-state index in [-0.39, 0.29) is 129 Å². The number of ether oxygens (including phenoxy) is 10. The molecule has 384 valence electrons. The van der Waals surface area contributed by atoms with Gasteiger partial charge in [0.2, 0.25) is 11.6 Å². The molecule has 1 aromatic carbocycles. The summed E-state index contributed by atoms with van der Waals surface area (Å²) in [5.41, 5.74) is 1.54. The maximum Gasteiger partial charge on any atom is 0.258 e. The number of benzene rings is 1. The predicted octanol–water partition coefficient (Wildman–Crippen LogP) is 1.11. The Balaban J connectivity index is 0.0000104. The molecule has 1 aliphatic heterocycles. The molecule has 5 rings (SSSR count). The maximum atomic E-state index is 13.2. The smallest absolute Gasteiger partial charge is 0.258 e. The molecular formula is C48H66N4NiO16. The van der Waals surface area contributed by atoms with Crippen LogP contribution in [-0.2, 0) is 86.8 Å². The van der Waals surface area contributed by atoms with Crippen LogP contribution in [0.3, 0.4) is 0 Å². The predicted molar refractivity (Wildman–Crippen MR) is 245 cm³/mol. The molecule has 1 fully saturated rings. The first-order valence-electron chi connectivity index (χ1n) is 23.0. The fourth-order valence-corrected chi connectivity index (χ4v) is 7.06. The first-order chi connectivity index (χ1) is 33.4. The van der Waals surface area contributed by atoms with Crippen LogP contribution in [0.5, 0.6) is 11.5 Å². The number of rotatable bonds is 2. The molecule has 0 aromatic heterocycles. The maximum absolute atomic E-state index is 13.2. The zero-order valence-corrected chi connectivity index (χ0v) is 39.8. The first-order valence-corrected chi connectivity index (χ1v) is 23.0. The van der Waals surface area contributed by atoms with Gasteiger partial charge in [-0.3, -0.25) is 19.2 Å². The minimum absolute atomic E-state index is 0. The van der Waals surface area contributed by atoms with Gasteiger partial charge < -0.3 is 78.8 Å². The molecule has 1 saturated carbocycles. The molecule has 0 spiro atoms. The Bertz CT molecular complexity index is 1830. The second kappa shape index (κ2) is 33.4. The second-order valence-electron chi connectivity index (χ2n) is 15.5. The Morgan fingerprint density at radius 1 is 0.493 bits per heavy atom. The Kier molecular flexibility index (Phi) is 27.4. The number of ketones is 2. The third kappa shape index (κ3) is 20.4. The molecule has 0 saturated heterocycles. The number of carbonyl (C=O) groups is 4. The van der Waals surface area contributed by atoms with Crippen molar-refractivity contribution >= 4 is 23.4 Å². The van der Waals surface area contributed by atoms with Crippen molar-refractivity contribution in [3.05, 3.63) is 94.8 Å². The number of nitrogens with one attached hydrogen (secondary N) is 4. The molecule has 4 bridgehead atoms. The topological polar surface area (TPSA) is 249 Å². The van der Waals surface area contributed by atoms with E-state index in [0.29, 0.717) is 61.9 Å². The van der Waals surface area contributed by atoms with Crippen LogP contribution >= 0.6 is 0 Å². The summed E-state index contributed by atoms with van der Waals surface area (Å²) in [6, 6.07) is 3.11. The normalized spacial score (nSPS) is 24.1. The van der Waals surface area contributed by atoms with E-state index < -0.39 is 38.2 Å². The van der Waals surface area contributed by atoms with Crippen LogP contribution in [0.2, 0.25) is 0 Å². The molecule has 0 radical (unpaired) electrons. The minimum Gasteiger partial charge on any atom is -0.487 e. The summed E-state index contributed by atoms with van der Waals surface area (Å²) in [6.45, 7) is 2.36. The van der Waals surface area contributed by atoms with Crippen LogP contribution in [-0.4, -0.2) is 164 Å². The van der Waals surface area contributed by atoms with Crippen molar-refractivity contribution in [3.63, 3.8) is 0 Å². The van der Waals surface area contributed by atoms with E-state index in [1.807, 2.05) is 0 Å². The molecule has 20 nitrogen and oxygen atoms in total. The van der Waals surface area contributed by atoms with E-state index in [4.69, 9.17) is 47.4 Å². The summed E-state index contributed by atoms with van der Waals surface area (Å²) in [6.07, 6.45) is 17.6. The molecule has 1 heterocycles. The van der Waals surface area contributed by atoms with Gasteiger partial charge in [0.25, 0.3) is 11.8 Å². The summed E-state index contributed by atoms with van der Waals surface area (Å²) in [7, 11) is 0. The Morgan fingerprint density at radius 3 is 1.23 bits per heavy atom. The quantitative estimate of drug-likeness (QED) is 0.227. The van der Waals surface area contributed by atoms with Crippen LogP contribution in [0.15, 0.2) is 83.7 Å².